The molecule has 66 heavy (non-hydrogen) atoms. The van der Waals surface area contributed by atoms with E-state index in [2.05, 4.69) is 57.5 Å². The van der Waals surface area contributed by atoms with E-state index in [0.29, 0.717) is 12.2 Å². The molecule has 0 aromatic carbocycles. The Bertz CT molecular complexity index is 2590. The molecule has 8 amide bonds. The van der Waals surface area contributed by atoms with Gasteiger partial charge in [-0.3, -0.25) is 38.4 Å². The molecule has 25 nitrogen and oxygen atoms in total. The van der Waals surface area contributed by atoms with Gasteiger partial charge in [0, 0.05) is 118 Å². The van der Waals surface area contributed by atoms with E-state index in [-0.39, 0.29) is 91.0 Å². The molecular weight excluding hydrogens is 859 g/mol. The molecule has 0 spiro atoms. The van der Waals surface area contributed by atoms with Gasteiger partial charge in [0.25, 0.3) is 29.5 Å². The Morgan fingerprint density at radius 2 is 0.955 bits per heavy atom. The van der Waals surface area contributed by atoms with E-state index < -0.39 is 41.4 Å². The molecule has 0 saturated carbocycles. The highest BCUT2D eigenvalue weighted by Crippen LogP contribution is 2.17. The minimum Gasteiger partial charge on any atom is -0.356 e. The molecule has 0 saturated heterocycles. The first-order valence-corrected chi connectivity index (χ1v) is 20.7. The minimum absolute atomic E-state index is 0.0153. The van der Waals surface area contributed by atoms with Gasteiger partial charge in [-0.15, -0.1) is 0 Å². The van der Waals surface area contributed by atoms with Crippen molar-refractivity contribution in [1.29, 1.82) is 0 Å². The maximum absolute atomic E-state index is 13.2. The maximum Gasteiger partial charge on any atom is 0.291 e. The Balaban J connectivity index is 1.01. The van der Waals surface area contributed by atoms with Gasteiger partial charge in [0.05, 0.1) is 11.4 Å². The third-order valence-electron chi connectivity index (χ3n) is 9.73. The summed E-state index contributed by atoms with van der Waals surface area (Å²) in [5, 5.41) is 21.4. The fourth-order valence-electron chi connectivity index (χ4n) is 6.40. The predicted molar refractivity (Wildman–Crippen MR) is 241 cm³/mol. The Morgan fingerprint density at radius 3 is 1.42 bits per heavy atom. The van der Waals surface area contributed by atoms with Crippen molar-refractivity contribution in [2.24, 2.45) is 35.2 Å². The quantitative estimate of drug-likeness (QED) is 0.0418. The molecule has 5 aromatic heterocycles. The molecular formula is C41H55N17O8. The van der Waals surface area contributed by atoms with Crippen LogP contribution < -0.4 is 42.5 Å². The Morgan fingerprint density at radius 1 is 0.500 bits per heavy atom. The first kappa shape index (κ1) is 48.9. The third-order valence-corrected chi connectivity index (χ3v) is 9.73. The summed E-state index contributed by atoms with van der Waals surface area (Å²) >= 11 is 0. The van der Waals surface area contributed by atoms with Gasteiger partial charge < -0.3 is 70.3 Å². The highest BCUT2D eigenvalue weighted by Gasteiger charge is 2.21. The van der Waals surface area contributed by atoms with Crippen LogP contribution in [0.3, 0.4) is 0 Å². The van der Waals surface area contributed by atoms with E-state index in [1.54, 1.807) is 52.2 Å². The second-order valence-corrected chi connectivity index (χ2v) is 15.5. The second-order valence-electron chi connectivity index (χ2n) is 15.5. The second kappa shape index (κ2) is 22.5. The number of aryl methyl sites for hydroxylation is 5. The lowest BCUT2D eigenvalue weighted by Gasteiger charge is -2.10. The highest BCUT2D eigenvalue weighted by atomic mass is 16.2. The monoisotopic (exact) mass is 913 g/mol. The standard InChI is InChI=1S/C41H55N17O8/c1-53(2)17-8-12-42-31(59)9-13-46-39(64)35-51-29(23-57(35)6)49-32(60)10-14-45-38(63)28-20-26(22-56(28)5)48-41(66)36-52-30(24-58(36)7)50-33(61)11-15-44-37(62)27-19-25(21-55(27)4)47-40(65)34-43-16-18-54(34)3/h16,18-24H,8-15,17H2,1-7H3,(H,42,59)(H,44,62)(H,45,63)(H,46,64)(H,47,65)(H,48,66)(H,49,60)(H,50,61). The summed E-state index contributed by atoms with van der Waals surface area (Å²) < 4.78 is 7.44. The van der Waals surface area contributed by atoms with Crippen molar-refractivity contribution >= 4 is 70.3 Å². The number of nitrogens with zero attached hydrogens (tertiary/aromatic N) is 9. The maximum atomic E-state index is 13.2. The van der Waals surface area contributed by atoms with Crippen LogP contribution in [0.4, 0.5) is 23.0 Å². The van der Waals surface area contributed by atoms with Gasteiger partial charge in [0.2, 0.25) is 29.4 Å². The van der Waals surface area contributed by atoms with Gasteiger partial charge in [-0.1, -0.05) is 0 Å². The molecule has 352 valence electrons. The molecule has 0 bridgehead atoms. The smallest absolute Gasteiger partial charge is 0.291 e. The number of hydrogen-bond acceptors (Lipinski definition) is 12. The van der Waals surface area contributed by atoms with E-state index in [0.717, 1.165) is 13.0 Å². The molecule has 25 heteroatoms. The summed E-state index contributed by atoms with van der Waals surface area (Å²) in [6.07, 6.45) is 9.84. The molecule has 5 rings (SSSR count). The Kier molecular flexibility index (Phi) is 16.7. The van der Waals surface area contributed by atoms with Crippen LogP contribution in [0.15, 0.2) is 49.3 Å². The van der Waals surface area contributed by atoms with Crippen LogP contribution in [0.25, 0.3) is 0 Å². The van der Waals surface area contributed by atoms with E-state index in [1.807, 2.05) is 19.0 Å². The number of anilines is 4. The molecule has 0 aliphatic heterocycles. The number of amides is 8. The Hall–Kier alpha value is -8.09. The number of carbonyl (C=O) groups is 8. The summed E-state index contributed by atoms with van der Waals surface area (Å²) in [4.78, 5) is 116. The van der Waals surface area contributed by atoms with Crippen molar-refractivity contribution in [3.63, 3.8) is 0 Å². The van der Waals surface area contributed by atoms with Crippen molar-refractivity contribution < 1.29 is 38.4 Å². The number of rotatable bonds is 22. The van der Waals surface area contributed by atoms with Crippen molar-refractivity contribution in [2.45, 2.75) is 25.7 Å². The lowest BCUT2D eigenvalue weighted by molar-refractivity contribution is -0.121. The molecule has 0 atom stereocenters. The lowest BCUT2D eigenvalue weighted by atomic mass is 10.3. The van der Waals surface area contributed by atoms with Crippen molar-refractivity contribution in [1.82, 2.24) is 64.0 Å². The predicted octanol–water partition coefficient (Wildman–Crippen LogP) is -0.226. The van der Waals surface area contributed by atoms with E-state index in [9.17, 15) is 38.4 Å². The van der Waals surface area contributed by atoms with E-state index >= 15 is 0 Å². The topological polar surface area (TPSA) is 299 Å². The number of hydrogen-bond donors (Lipinski definition) is 8. The van der Waals surface area contributed by atoms with Crippen LogP contribution >= 0.6 is 0 Å². The Labute approximate surface area is 379 Å². The molecule has 0 aliphatic carbocycles. The summed E-state index contributed by atoms with van der Waals surface area (Å²) in [5.41, 5.74) is 1.11. The van der Waals surface area contributed by atoms with Crippen LogP contribution in [0.5, 0.6) is 0 Å². The average molecular weight is 914 g/mol. The van der Waals surface area contributed by atoms with Crippen molar-refractivity contribution in [2.75, 3.05) is 68.1 Å². The van der Waals surface area contributed by atoms with E-state index in [1.165, 1.54) is 55.2 Å². The summed E-state index contributed by atoms with van der Waals surface area (Å²) in [6.45, 7) is 1.45. The summed E-state index contributed by atoms with van der Waals surface area (Å²) in [6, 6.07) is 2.95. The zero-order valence-corrected chi connectivity index (χ0v) is 37.8. The largest absolute Gasteiger partial charge is 0.356 e. The average Bonchev–Trinajstić information content (AvgIpc) is 4.08. The van der Waals surface area contributed by atoms with Crippen LogP contribution in [0.2, 0.25) is 0 Å². The molecule has 5 heterocycles. The van der Waals surface area contributed by atoms with Gasteiger partial charge in [-0.05, 0) is 39.2 Å². The van der Waals surface area contributed by atoms with Gasteiger partial charge in [-0.2, -0.15) is 0 Å². The fourth-order valence-corrected chi connectivity index (χ4v) is 6.40. The highest BCUT2D eigenvalue weighted by molar-refractivity contribution is 6.04. The molecule has 0 fully saturated rings. The van der Waals surface area contributed by atoms with E-state index in [4.69, 9.17) is 0 Å². The molecule has 0 aliphatic rings. The zero-order valence-electron chi connectivity index (χ0n) is 37.8. The number of carbonyl (C=O) groups excluding carboxylic acids is 8. The lowest BCUT2D eigenvalue weighted by Crippen LogP contribution is -2.32. The van der Waals surface area contributed by atoms with Crippen molar-refractivity contribution in [3.8, 4) is 0 Å². The molecule has 5 aromatic rings. The molecule has 0 radical (unpaired) electrons. The number of nitrogens with one attached hydrogen (secondary N) is 8. The van der Waals surface area contributed by atoms with Crippen LogP contribution in [-0.4, -0.2) is 137 Å². The van der Waals surface area contributed by atoms with Gasteiger partial charge in [0.1, 0.15) is 11.4 Å². The number of imidazole rings is 3. The van der Waals surface area contributed by atoms with Crippen molar-refractivity contribution in [3.05, 3.63) is 78.2 Å². The first-order valence-electron chi connectivity index (χ1n) is 20.7. The van der Waals surface area contributed by atoms with Crippen LogP contribution in [0, 0.1) is 0 Å². The van der Waals surface area contributed by atoms with Gasteiger partial charge in [-0.25, -0.2) is 15.0 Å². The summed E-state index contributed by atoms with van der Waals surface area (Å²) in [5.74, 6) is -3.24. The normalized spacial score (nSPS) is 10.9. The van der Waals surface area contributed by atoms with Gasteiger partial charge in [0.15, 0.2) is 17.5 Å². The third kappa shape index (κ3) is 13.7. The molecule has 0 unspecified atom stereocenters. The van der Waals surface area contributed by atoms with Gasteiger partial charge >= 0.3 is 0 Å². The summed E-state index contributed by atoms with van der Waals surface area (Å²) in [7, 11) is 12.0. The first-order chi connectivity index (χ1) is 31.4. The molecule has 8 N–H and O–H groups in total. The zero-order chi connectivity index (χ0) is 48.1. The number of aromatic nitrogens is 8. The van der Waals surface area contributed by atoms with Crippen LogP contribution in [-0.2, 0) is 49.6 Å². The SMILES string of the molecule is CN(C)CCCNC(=O)CCNC(=O)c1nc(NC(=O)CCNC(=O)c2cc(NC(=O)c3nc(NC(=O)CCNC(=O)c4cc(NC(=O)c5nccn5C)cn4C)cn3C)cn2C)cn1C. The minimum atomic E-state index is -0.623. The fraction of sp³-hybridized carbons (Fsp3) is 0.390. The van der Waals surface area contributed by atoms with Crippen LogP contribution in [0.1, 0.15) is 78.5 Å².